The number of unbranched alkanes of at least 4 members (excludes halogenated alkanes) is 1. The van der Waals surface area contributed by atoms with Crippen LogP contribution >= 0.6 is 0 Å². The van der Waals surface area contributed by atoms with Crippen LogP contribution in [0, 0.1) is 13.8 Å². The van der Waals surface area contributed by atoms with Crippen molar-refractivity contribution in [2.24, 2.45) is 0 Å². The number of benzene rings is 1. The van der Waals surface area contributed by atoms with Gasteiger partial charge < -0.3 is 9.88 Å². The Morgan fingerprint density at radius 1 is 1.20 bits per heavy atom. The number of hydrogen-bond donors (Lipinski definition) is 1. The maximum atomic E-state index is 4.60. The Hall–Kier alpha value is -1.77. The molecular formula is C17H25N3. The van der Waals surface area contributed by atoms with E-state index in [-0.39, 0.29) is 6.04 Å². The van der Waals surface area contributed by atoms with E-state index in [9.17, 15) is 0 Å². The van der Waals surface area contributed by atoms with Gasteiger partial charge in [0.25, 0.3) is 0 Å². The standard InChI is InChI=1S/C17H25N3/c1-5-6-11-20-12-14(3)18-17(20)19-15(4)16-9-7-13(2)8-10-16/h7-10,12,15H,5-6,11H2,1-4H3,(H,18,19). The Morgan fingerprint density at radius 3 is 2.55 bits per heavy atom. The molecule has 1 aromatic carbocycles. The normalized spacial score (nSPS) is 12.4. The van der Waals surface area contributed by atoms with Gasteiger partial charge in [-0.1, -0.05) is 43.2 Å². The first-order chi connectivity index (χ1) is 9.60. The Morgan fingerprint density at radius 2 is 1.90 bits per heavy atom. The van der Waals surface area contributed by atoms with Crippen LogP contribution in [0.5, 0.6) is 0 Å². The summed E-state index contributed by atoms with van der Waals surface area (Å²) in [5.41, 5.74) is 3.65. The first-order valence-electron chi connectivity index (χ1n) is 7.47. The Labute approximate surface area is 122 Å². The third-order valence-corrected chi connectivity index (χ3v) is 3.57. The van der Waals surface area contributed by atoms with Crippen LogP contribution in [0.2, 0.25) is 0 Å². The van der Waals surface area contributed by atoms with Gasteiger partial charge in [-0.25, -0.2) is 4.98 Å². The lowest BCUT2D eigenvalue weighted by molar-refractivity contribution is 0.630. The number of aromatic nitrogens is 2. The fourth-order valence-corrected chi connectivity index (χ4v) is 2.29. The molecule has 1 unspecified atom stereocenters. The molecule has 0 fully saturated rings. The predicted molar refractivity (Wildman–Crippen MR) is 85.1 cm³/mol. The molecule has 20 heavy (non-hydrogen) atoms. The molecule has 2 rings (SSSR count). The van der Waals surface area contributed by atoms with E-state index in [0.717, 1.165) is 18.2 Å². The molecule has 1 N–H and O–H groups in total. The van der Waals surface area contributed by atoms with E-state index in [1.54, 1.807) is 0 Å². The van der Waals surface area contributed by atoms with E-state index in [0.29, 0.717) is 0 Å². The van der Waals surface area contributed by atoms with E-state index >= 15 is 0 Å². The molecule has 0 spiro atoms. The van der Waals surface area contributed by atoms with Crippen LogP contribution in [-0.4, -0.2) is 9.55 Å². The highest BCUT2D eigenvalue weighted by Gasteiger charge is 2.10. The zero-order valence-electron chi connectivity index (χ0n) is 13.0. The van der Waals surface area contributed by atoms with E-state index in [1.807, 2.05) is 6.92 Å². The highest BCUT2D eigenvalue weighted by atomic mass is 15.2. The van der Waals surface area contributed by atoms with Crippen LogP contribution in [0.3, 0.4) is 0 Å². The lowest BCUT2D eigenvalue weighted by atomic mass is 10.1. The zero-order chi connectivity index (χ0) is 14.5. The summed E-state index contributed by atoms with van der Waals surface area (Å²) in [7, 11) is 0. The van der Waals surface area contributed by atoms with E-state index < -0.39 is 0 Å². The number of hydrogen-bond acceptors (Lipinski definition) is 2. The van der Waals surface area contributed by atoms with Crippen molar-refractivity contribution < 1.29 is 0 Å². The van der Waals surface area contributed by atoms with Gasteiger partial charge in [0, 0.05) is 12.7 Å². The molecule has 1 atom stereocenters. The number of nitrogens with zero attached hydrogens (tertiary/aromatic N) is 2. The van der Waals surface area contributed by atoms with Crippen molar-refractivity contribution in [2.45, 2.75) is 53.1 Å². The minimum absolute atomic E-state index is 0.262. The molecule has 3 heteroatoms. The molecule has 108 valence electrons. The number of nitrogens with one attached hydrogen (secondary N) is 1. The lowest BCUT2D eigenvalue weighted by Gasteiger charge is -2.16. The van der Waals surface area contributed by atoms with Crippen LogP contribution in [-0.2, 0) is 6.54 Å². The van der Waals surface area contributed by atoms with Gasteiger partial charge in [-0.2, -0.15) is 0 Å². The average molecular weight is 271 g/mol. The molecule has 0 saturated heterocycles. The molecule has 2 aromatic rings. The van der Waals surface area contributed by atoms with Crippen molar-refractivity contribution >= 4 is 5.95 Å². The van der Waals surface area contributed by atoms with Crippen LogP contribution in [0.25, 0.3) is 0 Å². The fraction of sp³-hybridized carbons (Fsp3) is 0.471. The summed E-state index contributed by atoms with van der Waals surface area (Å²) < 4.78 is 2.23. The average Bonchev–Trinajstić information content (AvgIpc) is 2.77. The molecule has 0 aliphatic carbocycles. The second kappa shape index (κ2) is 6.60. The summed E-state index contributed by atoms with van der Waals surface area (Å²) in [6.45, 7) is 9.58. The fourth-order valence-electron chi connectivity index (χ4n) is 2.29. The lowest BCUT2D eigenvalue weighted by Crippen LogP contribution is -2.12. The summed E-state index contributed by atoms with van der Waals surface area (Å²) in [4.78, 5) is 4.60. The van der Waals surface area contributed by atoms with Gasteiger partial charge in [0.1, 0.15) is 0 Å². The molecular weight excluding hydrogens is 246 g/mol. The molecule has 1 aromatic heterocycles. The van der Waals surface area contributed by atoms with Crippen LogP contribution in [0.4, 0.5) is 5.95 Å². The van der Waals surface area contributed by atoms with Crippen molar-refractivity contribution in [1.29, 1.82) is 0 Å². The Kier molecular flexibility index (Phi) is 4.83. The number of anilines is 1. The number of imidazole rings is 1. The van der Waals surface area contributed by atoms with Crippen LogP contribution in [0.1, 0.15) is 49.6 Å². The van der Waals surface area contributed by atoms with Gasteiger partial charge in [-0.15, -0.1) is 0 Å². The van der Waals surface area contributed by atoms with Gasteiger partial charge in [0.05, 0.1) is 11.7 Å². The van der Waals surface area contributed by atoms with Crippen molar-refractivity contribution in [3.8, 4) is 0 Å². The summed E-state index contributed by atoms with van der Waals surface area (Å²) in [5.74, 6) is 0.976. The number of aryl methyl sites for hydroxylation is 3. The Balaban J connectivity index is 2.10. The number of rotatable bonds is 6. The minimum Gasteiger partial charge on any atom is -0.349 e. The topological polar surface area (TPSA) is 29.9 Å². The van der Waals surface area contributed by atoms with Gasteiger partial charge in [-0.3, -0.25) is 0 Å². The summed E-state index contributed by atoms with van der Waals surface area (Å²) in [6, 6.07) is 8.93. The van der Waals surface area contributed by atoms with Gasteiger partial charge in [-0.05, 0) is 32.8 Å². The van der Waals surface area contributed by atoms with Gasteiger partial charge >= 0.3 is 0 Å². The zero-order valence-corrected chi connectivity index (χ0v) is 13.0. The molecule has 0 radical (unpaired) electrons. The van der Waals surface area contributed by atoms with E-state index in [2.05, 4.69) is 66.1 Å². The summed E-state index contributed by atoms with van der Waals surface area (Å²) in [5, 5.41) is 3.53. The van der Waals surface area contributed by atoms with Crippen molar-refractivity contribution in [1.82, 2.24) is 9.55 Å². The molecule has 0 saturated carbocycles. The highest BCUT2D eigenvalue weighted by molar-refractivity contribution is 5.35. The third kappa shape index (κ3) is 3.62. The maximum absolute atomic E-state index is 4.60. The maximum Gasteiger partial charge on any atom is 0.203 e. The predicted octanol–water partition coefficient (Wildman–Crippen LogP) is 4.47. The van der Waals surface area contributed by atoms with Crippen LogP contribution < -0.4 is 5.32 Å². The SMILES string of the molecule is CCCCn1cc(C)nc1NC(C)c1ccc(C)cc1. The molecule has 0 aliphatic rings. The van der Waals surface area contributed by atoms with E-state index in [4.69, 9.17) is 0 Å². The monoisotopic (exact) mass is 271 g/mol. The molecule has 0 amide bonds. The summed E-state index contributed by atoms with van der Waals surface area (Å²) >= 11 is 0. The molecule has 0 aliphatic heterocycles. The second-order valence-electron chi connectivity index (χ2n) is 5.53. The second-order valence-corrected chi connectivity index (χ2v) is 5.53. The molecule has 3 nitrogen and oxygen atoms in total. The van der Waals surface area contributed by atoms with Crippen molar-refractivity contribution in [3.63, 3.8) is 0 Å². The van der Waals surface area contributed by atoms with Crippen molar-refractivity contribution in [3.05, 3.63) is 47.3 Å². The minimum atomic E-state index is 0.262. The quantitative estimate of drug-likeness (QED) is 0.840. The van der Waals surface area contributed by atoms with Gasteiger partial charge in [0.15, 0.2) is 0 Å². The molecule has 0 bridgehead atoms. The molecule has 1 heterocycles. The Bertz CT molecular complexity index is 540. The third-order valence-electron chi connectivity index (χ3n) is 3.57. The van der Waals surface area contributed by atoms with Crippen molar-refractivity contribution in [2.75, 3.05) is 5.32 Å². The largest absolute Gasteiger partial charge is 0.349 e. The summed E-state index contributed by atoms with van der Waals surface area (Å²) in [6.07, 6.45) is 4.51. The first kappa shape index (κ1) is 14.6. The van der Waals surface area contributed by atoms with Gasteiger partial charge in [0.2, 0.25) is 5.95 Å². The van der Waals surface area contributed by atoms with Crippen LogP contribution in [0.15, 0.2) is 30.5 Å². The van der Waals surface area contributed by atoms with E-state index in [1.165, 1.54) is 24.0 Å². The smallest absolute Gasteiger partial charge is 0.203 e. The highest BCUT2D eigenvalue weighted by Crippen LogP contribution is 2.20. The first-order valence-corrected chi connectivity index (χ1v) is 7.47.